The lowest BCUT2D eigenvalue weighted by atomic mass is 9.91. The minimum Gasteiger partial charge on any atom is -0.341 e. The number of rotatable bonds is 2. The van der Waals surface area contributed by atoms with Gasteiger partial charge in [-0.1, -0.05) is 20.3 Å². The van der Waals surface area contributed by atoms with E-state index < -0.39 is 0 Å². The van der Waals surface area contributed by atoms with Crippen molar-refractivity contribution in [2.75, 3.05) is 19.6 Å². The average Bonchev–Trinajstić information content (AvgIpc) is 2.38. The Morgan fingerprint density at radius 2 is 2.24 bits per heavy atom. The van der Waals surface area contributed by atoms with Crippen LogP contribution in [0.15, 0.2) is 0 Å². The number of hydrogen-bond acceptors (Lipinski definition) is 2. The van der Waals surface area contributed by atoms with Crippen LogP contribution in [0.2, 0.25) is 0 Å². The highest BCUT2D eigenvalue weighted by atomic mass is 16.2. The number of amides is 1. The van der Waals surface area contributed by atoms with E-state index >= 15 is 0 Å². The number of nitrogens with zero attached hydrogens (tertiary/aromatic N) is 1. The zero-order valence-electron chi connectivity index (χ0n) is 11.2. The summed E-state index contributed by atoms with van der Waals surface area (Å²) in [5.41, 5.74) is 0. The average molecular weight is 238 g/mol. The van der Waals surface area contributed by atoms with Gasteiger partial charge in [0.15, 0.2) is 0 Å². The molecule has 3 atom stereocenters. The van der Waals surface area contributed by atoms with Gasteiger partial charge >= 0.3 is 0 Å². The molecule has 2 rings (SSSR count). The van der Waals surface area contributed by atoms with Gasteiger partial charge < -0.3 is 10.2 Å². The van der Waals surface area contributed by atoms with Gasteiger partial charge in [0.1, 0.15) is 0 Å². The van der Waals surface area contributed by atoms with Gasteiger partial charge in [0.2, 0.25) is 5.91 Å². The van der Waals surface area contributed by atoms with Crippen molar-refractivity contribution in [3.63, 3.8) is 0 Å². The second kappa shape index (κ2) is 5.85. The van der Waals surface area contributed by atoms with E-state index in [1.807, 2.05) is 0 Å². The van der Waals surface area contributed by atoms with Gasteiger partial charge in [-0.15, -0.1) is 0 Å². The van der Waals surface area contributed by atoms with E-state index in [1.54, 1.807) is 0 Å². The van der Waals surface area contributed by atoms with E-state index in [4.69, 9.17) is 0 Å². The molecule has 17 heavy (non-hydrogen) atoms. The third-order valence-corrected chi connectivity index (χ3v) is 4.37. The van der Waals surface area contributed by atoms with Crippen molar-refractivity contribution in [3.8, 4) is 0 Å². The maximum atomic E-state index is 12.4. The Kier molecular flexibility index (Phi) is 4.43. The molecule has 0 spiro atoms. The molecule has 0 aliphatic carbocycles. The molecule has 98 valence electrons. The number of carbonyl (C=O) groups excluding carboxylic acids is 1. The molecule has 3 heteroatoms. The molecular formula is C14H26N2O. The van der Waals surface area contributed by atoms with E-state index in [0.29, 0.717) is 11.8 Å². The molecule has 1 amide bonds. The summed E-state index contributed by atoms with van der Waals surface area (Å²) in [6.07, 6.45) is 5.92. The van der Waals surface area contributed by atoms with Gasteiger partial charge in [0.25, 0.3) is 0 Å². The first-order valence-electron chi connectivity index (χ1n) is 7.23. The largest absolute Gasteiger partial charge is 0.341 e. The van der Waals surface area contributed by atoms with Gasteiger partial charge in [-0.2, -0.15) is 0 Å². The third kappa shape index (κ3) is 3.21. The third-order valence-electron chi connectivity index (χ3n) is 4.37. The van der Waals surface area contributed by atoms with E-state index in [0.717, 1.165) is 32.0 Å². The van der Waals surface area contributed by atoms with Crippen molar-refractivity contribution in [2.45, 2.75) is 52.0 Å². The van der Waals surface area contributed by atoms with Crippen molar-refractivity contribution < 1.29 is 4.79 Å². The predicted octanol–water partition coefficient (Wildman–Crippen LogP) is 2.02. The summed E-state index contributed by atoms with van der Waals surface area (Å²) in [5, 5.41) is 3.39. The monoisotopic (exact) mass is 238 g/mol. The lowest BCUT2D eigenvalue weighted by molar-refractivity contribution is -0.136. The molecule has 0 aromatic heterocycles. The minimum absolute atomic E-state index is 0.0920. The summed E-state index contributed by atoms with van der Waals surface area (Å²) < 4.78 is 0. The normalized spacial score (nSPS) is 34.7. The molecule has 3 nitrogen and oxygen atoms in total. The molecule has 0 radical (unpaired) electrons. The maximum Gasteiger partial charge on any atom is 0.239 e. The molecule has 2 fully saturated rings. The number of carbonyl (C=O) groups is 1. The standard InChI is InChI=1S/C14H26N2O/c1-3-12-5-4-8-16(10-12)14(17)13-9-11(2)6-7-15-13/h11-13,15H,3-10H2,1-2H3. The Morgan fingerprint density at radius 3 is 2.94 bits per heavy atom. The van der Waals surface area contributed by atoms with Gasteiger partial charge in [-0.05, 0) is 44.1 Å². The Bertz CT molecular complexity index is 267. The molecule has 3 unspecified atom stereocenters. The second-order valence-electron chi connectivity index (χ2n) is 5.84. The zero-order chi connectivity index (χ0) is 12.3. The molecule has 2 heterocycles. The van der Waals surface area contributed by atoms with Crippen LogP contribution >= 0.6 is 0 Å². The van der Waals surface area contributed by atoms with Gasteiger partial charge in [0, 0.05) is 13.1 Å². The summed E-state index contributed by atoms with van der Waals surface area (Å²) in [7, 11) is 0. The van der Waals surface area contributed by atoms with Crippen LogP contribution in [0.25, 0.3) is 0 Å². The highest BCUT2D eigenvalue weighted by Crippen LogP contribution is 2.22. The molecule has 0 saturated carbocycles. The van der Waals surface area contributed by atoms with Gasteiger partial charge in [-0.3, -0.25) is 4.79 Å². The molecular weight excluding hydrogens is 212 g/mol. The summed E-state index contributed by atoms with van der Waals surface area (Å²) >= 11 is 0. The number of hydrogen-bond donors (Lipinski definition) is 1. The van der Waals surface area contributed by atoms with Crippen molar-refractivity contribution >= 4 is 5.91 Å². The number of likely N-dealkylation sites (tertiary alicyclic amines) is 1. The summed E-state index contributed by atoms with van der Waals surface area (Å²) in [4.78, 5) is 14.5. The fourth-order valence-corrected chi connectivity index (χ4v) is 3.11. The SMILES string of the molecule is CCC1CCCN(C(=O)C2CC(C)CCN2)C1. The molecule has 0 aromatic carbocycles. The van der Waals surface area contributed by atoms with Crippen LogP contribution in [0.1, 0.15) is 46.0 Å². The summed E-state index contributed by atoms with van der Waals surface area (Å²) in [6.45, 7) is 7.46. The van der Waals surface area contributed by atoms with Crippen LogP contribution in [0, 0.1) is 11.8 Å². The van der Waals surface area contributed by atoms with E-state index in [9.17, 15) is 4.79 Å². The Hall–Kier alpha value is -0.570. The lowest BCUT2D eigenvalue weighted by Crippen LogP contribution is -2.52. The molecule has 1 N–H and O–H groups in total. The highest BCUT2D eigenvalue weighted by Gasteiger charge is 2.30. The lowest BCUT2D eigenvalue weighted by Gasteiger charge is -2.37. The fraction of sp³-hybridized carbons (Fsp3) is 0.929. The first-order chi connectivity index (χ1) is 8.20. The van der Waals surface area contributed by atoms with Crippen LogP contribution in [0.4, 0.5) is 0 Å². The van der Waals surface area contributed by atoms with E-state index in [1.165, 1.54) is 25.7 Å². The summed E-state index contributed by atoms with van der Waals surface area (Å²) in [5.74, 6) is 1.78. The molecule has 2 aliphatic heterocycles. The number of nitrogens with one attached hydrogen (secondary N) is 1. The zero-order valence-corrected chi connectivity index (χ0v) is 11.2. The van der Waals surface area contributed by atoms with Crippen LogP contribution in [-0.2, 0) is 4.79 Å². The Morgan fingerprint density at radius 1 is 1.41 bits per heavy atom. The molecule has 0 bridgehead atoms. The van der Waals surface area contributed by atoms with Crippen molar-refractivity contribution in [3.05, 3.63) is 0 Å². The van der Waals surface area contributed by atoms with E-state index in [2.05, 4.69) is 24.1 Å². The fourth-order valence-electron chi connectivity index (χ4n) is 3.11. The van der Waals surface area contributed by atoms with Crippen LogP contribution in [0.3, 0.4) is 0 Å². The van der Waals surface area contributed by atoms with Crippen molar-refractivity contribution in [1.82, 2.24) is 10.2 Å². The van der Waals surface area contributed by atoms with Crippen LogP contribution in [0.5, 0.6) is 0 Å². The van der Waals surface area contributed by atoms with Crippen molar-refractivity contribution in [1.29, 1.82) is 0 Å². The highest BCUT2D eigenvalue weighted by molar-refractivity contribution is 5.82. The molecule has 0 aromatic rings. The quantitative estimate of drug-likeness (QED) is 0.798. The van der Waals surface area contributed by atoms with Gasteiger partial charge in [0.05, 0.1) is 6.04 Å². The number of piperidine rings is 2. The maximum absolute atomic E-state index is 12.4. The van der Waals surface area contributed by atoms with Gasteiger partial charge in [-0.25, -0.2) is 0 Å². The first kappa shape index (κ1) is 12.9. The predicted molar refractivity (Wildman–Crippen MR) is 69.8 cm³/mol. The second-order valence-corrected chi connectivity index (χ2v) is 5.84. The summed E-state index contributed by atoms with van der Waals surface area (Å²) in [6, 6.07) is 0.0920. The van der Waals surface area contributed by atoms with Crippen molar-refractivity contribution in [2.24, 2.45) is 11.8 Å². The van der Waals surface area contributed by atoms with Crippen LogP contribution in [-0.4, -0.2) is 36.5 Å². The van der Waals surface area contributed by atoms with E-state index in [-0.39, 0.29) is 6.04 Å². The Labute approximate surface area is 105 Å². The van der Waals surface area contributed by atoms with Crippen LogP contribution < -0.4 is 5.32 Å². The topological polar surface area (TPSA) is 32.3 Å². The minimum atomic E-state index is 0.0920. The molecule has 2 aliphatic rings. The Balaban J connectivity index is 1.89. The smallest absolute Gasteiger partial charge is 0.239 e. The first-order valence-corrected chi connectivity index (χ1v) is 7.23. The molecule has 2 saturated heterocycles.